The number of rotatable bonds is 5. The zero-order valence-corrected chi connectivity index (χ0v) is 11.6. The van der Waals surface area contributed by atoms with Crippen LogP contribution in [0.25, 0.3) is 0 Å². The van der Waals surface area contributed by atoms with Crippen molar-refractivity contribution in [1.82, 2.24) is 5.32 Å². The molecule has 2 aromatic rings. The van der Waals surface area contributed by atoms with Gasteiger partial charge in [-0.1, -0.05) is 24.8 Å². The van der Waals surface area contributed by atoms with Gasteiger partial charge in [0.15, 0.2) is 23.1 Å². The molecule has 0 fully saturated rings. The van der Waals surface area contributed by atoms with Crippen LogP contribution in [0, 0.1) is 11.6 Å². The number of para-hydroxylation sites is 1. The molecule has 1 amide bonds. The zero-order valence-electron chi connectivity index (χ0n) is 11.6. The molecule has 0 aromatic heterocycles. The topological polar surface area (TPSA) is 38.3 Å². The fourth-order valence-electron chi connectivity index (χ4n) is 1.72. The van der Waals surface area contributed by atoms with Gasteiger partial charge >= 0.3 is 0 Å². The van der Waals surface area contributed by atoms with Gasteiger partial charge in [-0.3, -0.25) is 4.79 Å². The van der Waals surface area contributed by atoms with Crippen molar-refractivity contribution in [3.05, 3.63) is 78.0 Å². The average molecular weight is 301 g/mol. The summed E-state index contributed by atoms with van der Waals surface area (Å²) in [5.74, 6) is -1.74. The van der Waals surface area contributed by atoms with Crippen molar-refractivity contribution in [2.45, 2.75) is 6.54 Å². The van der Waals surface area contributed by atoms with Crippen LogP contribution in [0.3, 0.4) is 0 Å². The minimum atomic E-state index is -0.644. The van der Waals surface area contributed by atoms with E-state index in [-0.39, 0.29) is 24.0 Å². The predicted octanol–water partition coefficient (Wildman–Crippen LogP) is 3.71. The first-order valence-electron chi connectivity index (χ1n) is 6.44. The fourth-order valence-corrected chi connectivity index (χ4v) is 1.72. The summed E-state index contributed by atoms with van der Waals surface area (Å²) in [6, 6.07) is 9.92. The van der Waals surface area contributed by atoms with Crippen LogP contribution in [0.2, 0.25) is 0 Å². The molecule has 2 rings (SSSR count). The summed E-state index contributed by atoms with van der Waals surface area (Å²) in [4.78, 5) is 11.2. The van der Waals surface area contributed by atoms with Gasteiger partial charge in [-0.15, -0.1) is 5.73 Å². The van der Waals surface area contributed by atoms with Gasteiger partial charge in [0.2, 0.25) is 0 Å². The molecule has 1 N–H and O–H groups in total. The number of hydrogen-bond acceptors (Lipinski definition) is 2. The molecule has 0 saturated heterocycles. The third kappa shape index (κ3) is 4.04. The van der Waals surface area contributed by atoms with E-state index in [0.717, 1.165) is 6.08 Å². The van der Waals surface area contributed by atoms with E-state index in [1.165, 1.54) is 30.3 Å². The summed E-state index contributed by atoms with van der Waals surface area (Å²) in [6.07, 6.45) is 1.14. The van der Waals surface area contributed by atoms with Gasteiger partial charge in [0.1, 0.15) is 0 Å². The molecule has 0 aliphatic carbocycles. The van der Waals surface area contributed by atoms with E-state index in [1.54, 1.807) is 12.1 Å². The van der Waals surface area contributed by atoms with Crippen molar-refractivity contribution in [3.63, 3.8) is 0 Å². The van der Waals surface area contributed by atoms with E-state index < -0.39 is 11.6 Å². The number of halogens is 2. The summed E-state index contributed by atoms with van der Waals surface area (Å²) in [6.45, 7) is 3.43. The van der Waals surface area contributed by atoms with E-state index in [2.05, 4.69) is 17.6 Å². The van der Waals surface area contributed by atoms with Gasteiger partial charge < -0.3 is 10.1 Å². The lowest BCUT2D eigenvalue weighted by atomic mass is 10.2. The van der Waals surface area contributed by atoms with Gasteiger partial charge in [-0.05, 0) is 29.8 Å². The molecule has 0 aliphatic rings. The van der Waals surface area contributed by atoms with Gasteiger partial charge in [-0.25, -0.2) is 8.78 Å². The highest BCUT2D eigenvalue weighted by molar-refractivity contribution is 5.87. The first-order valence-corrected chi connectivity index (χ1v) is 6.44. The molecular formula is C17H13F2NO2. The quantitative estimate of drug-likeness (QED) is 0.675. The Kier molecular flexibility index (Phi) is 5.07. The van der Waals surface area contributed by atoms with E-state index in [1.807, 2.05) is 0 Å². The molecule has 0 unspecified atom stereocenters. The Bertz CT molecular complexity index is 737. The van der Waals surface area contributed by atoms with E-state index >= 15 is 0 Å². The molecule has 5 heteroatoms. The van der Waals surface area contributed by atoms with Crippen molar-refractivity contribution >= 4 is 5.91 Å². The van der Waals surface area contributed by atoms with Crippen LogP contribution >= 0.6 is 0 Å². The summed E-state index contributed by atoms with van der Waals surface area (Å²) in [5.41, 5.74) is 2.89. The van der Waals surface area contributed by atoms with Crippen molar-refractivity contribution < 1.29 is 18.3 Å². The Hall–Kier alpha value is -2.91. The monoisotopic (exact) mass is 301 g/mol. The number of amides is 1. The average Bonchev–Trinajstić information content (AvgIpc) is 2.50. The molecule has 112 valence electrons. The molecule has 0 bridgehead atoms. The Labute approximate surface area is 126 Å². The zero-order chi connectivity index (χ0) is 15.9. The number of carbonyl (C=O) groups is 1. The SMILES string of the molecule is C=C=CC(=O)NCc1ccc(Oc2ccccc2F)c(F)c1. The summed E-state index contributed by atoms with van der Waals surface area (Å²) in [7, 11) is 0. The van der Waals surface area contributed by atoms with E-state index in [4.69, 9.17) is 4.74 Å². The standard InChI is InChI=1S/C17H13F2NO2/c1-2-5-17(21)20-11-12-8-9-16(14(19)10-12)22-15-7-4-3-6-13(15)18/h3-10H,1,11H2,(H,20,21). The molecule has 0 saturated carbocycles. The maximum atomic E-state index is 13.9. The van der Waals surface area contributed by atoms with Crippen molar-refractivity contribution in [2.75, 3.05) is 0 Å². The van der Waals surface area contributed by atoms with Gasteiger partial charge in [0, 0.05) is 12.6 Å². The highest BCUT2D eigenvalue weighted by Gasteiger charge is 2.09. The Morgan fingerprint density at radius 1 is 1.18 bits per heavy atom. The molecular weight excluding hydrogens is 288 g/mol. The second-order valence-electron chi connectivity index (χ2n) is 4.36. The van der Waals surface area contributed by atoms with Crippen molar-refractivity contribution in [2.24, 2.45) is 0 Å². The summed E-state index contributed by atoms with van der Waals surface area (Å²) < 4.78 is 32.6. The lowest BCUT2D eigenvalue weighted by Gasteiger charge is -2.09. The third-order valence-corrected chi connectivity index (χ3v) is 2.75. The lowest BCUT2D eigenvalue weighted by molar-refractivity contribution is -0.116. The van der Waals surface area contributed by atoms with Crippen LogP contribution in [0.1, 0.15) is 5.56 Å². The second kappa shape index (κ2) is 7.20. The highest BCUT2D eigenvalue weighted by Crippen LogP contribution is 2.27. The predicted molar refractivity (Wildman–Crippen MR) is 78.4 cm³/mol. The Morgan fingerprint density at radius 3 is 2.59 bits per heavy atom. The van der Waals surface area contributed by atoms with Crippen LogP contribution in [0.4, 0.5) is 8.78 Å². The van der Waals surface area contributed by atoms with Gasteiger partial charge in [0.05, 0.1) is 0 Å². The molecule has 3 nitrogen and oxygen atoms in total. The molecule has 0 aliphatic heterocycles. The molecule has 22 heavy (non-hydrogen) atoms. The van der Waals surface area contributed by atoms with Crippen LogP contribution in [-0.2, 0) is 11.3 Å². The molecule has 2 aromatic carbocycles. The Morgan fingerprint density at radius 2 is 1.91 bits per heavy atom. The lowest BCUT2D eigenvalue weighted by Crippen LogP contribution is -2.20. The third-order valence-electron chi connectivity index (χ3n) is 2.75. The number of hydrogen-bond donors (Lipinski definition) is 1. The van der Waals surface area contributed by atoms with Crippen molar-refractivity contribution in [1.29, 1.82) is 0 Å². The largest absolute Gasteiger partial charge is 0.451 e. The van der Waals surface area contributed by atoms with Gasteiger partial charge in [0.25, 0.3) is 5.91 Å². The smallest absolute Gasteiger partial charge is 0.251 e. The minimum absolute atomic E-state index is 0.0569. The van der Waals surface area contributed by atoms with E-state index in [0.29, 0.717) is 5.56 Å². The summed E-state index contributed by atoms with van der Waals surface area (Å²) in [5, 5.41) is 2.54. The van der Waals surface area contributed by atoms with Crippen LogP contribution in [0.15, 0.2) is 60.9 Å². The minimum Gasteiger partial charge on any atom is -0.451 e. The number of ether oxygens (including phenoxy) is 1. The van der Waals surface area contributed by atoms with Crippen LogP contribution < -0.4 is 10.1 Å². The Balaban J connectivity index is 2.08. The molecule has 0 radical (unpaired) electrons. The summed E-state index contributed by atoms with van der Waals surface area (Å²) >= 11 is 0. The van der Waals surface area contributed by atoms with E-state index in [9.17, 15) is 13.6 Å². The number of nitrogens with one attached hydrogen (secondary N) is 1. The molecule has 0 heterocycles. The fraction of sp³-hybridized carbons (Fsp3) is 0.0588. The maximum Gasteiger partial charge on any atom is 0.251 e. The molecule has 0 atom stereocenters. The maximum absolute atomic E-state index is 13.9. The normalized spacial score (nSPS) is 9.73. The first kappa shape index (κ1) is 15.5. The van der Waals surface area contributed by atoms with Crippen molar-refractivity contribution in [3.8, 4) is 11.5 Å². The first-order chi connectivity index (χ1) is 10.6. The highest BCUT2D eigenvalue weighted by atomic mass is 19.1. The molecule has 0 spiro atoms. The number of carbonyl (C=O) groups excluding carboxylic acids is 1. The van der Waals surface area contributed by atoms with Crippen LogP contribution in [-0.4, -0.2) is 5.91 Å². The van der Waals surface area contributed by atoms with Gasteiger partial charge in [-0.2, -0.15) is 0 Å². The second-order valence-corrected chi connectivity index (χ2v) is 4.36. The van der Waals surface area contributed by atoms with Crippen LogP contribution in [0.5, 0.6) is 11.5 Å². The number of benzene rings is 2.